The van der Waals surface area contributed by atoms with E-state index < -0.39 is 0 Å². The molecular weight excluding hydrogens is 318 g/mol. The minimum absolute atomic E-state index is 0.0383. The van der Waals surface area contributed by atoms with E-state index in [0.717, 1.165) is 11.5 Å². The zero-order valence-electron chi connectivity index (χ0n) is 14.6. The third-order valence-electron chi connectivity index (χ3n) is 4.11. The van der Waals surface area contributed by atoms with E-state index in [9.17, 15) is 4.79 Å². The Morgan fingerprint density at radius 2 is 2.12 bits per heavy atom. The molecule has 130 valence electrons. The average molecular weight is 339 g/mol. The maximum Gasteiger partial charge on any atom is 0.224 e. The van der Waals surface area contributed by atoms with Gasteiger partial charge in [-0.15, -0.1) is 0 Å². The lowest BCUT2D eigenvalue weighted by molar-refractivity contribution is -0.131. The minimum atomic E-state index is 0.0383. The van der Waals surface area contributed by atoms with E-state index in [2.05, 4.69) is 15.1 Å². The molecule has 0 radical (unpaired) electrons. The van der Waals surface area contributed by atoms with Crippen LogP contribution in [0.1, 0.15) is 31.0 Å². The van der Waals surface area contributed by atoms with Crippen molar-refractivity contribution < 1.29 is 9.32 Å². The first-order chi connectivity index (χ1) is 12.0. The molecule has 0 saturated carbocycles. The molecule has 1 amide bonds. The van der Waals surface area contributed by atoms with Crippen LogP contribution in [0.25, 0.3) is 11.4 Å². The quantitative estimate of drug-likeness (QED) is 0.690. The van der Waals surface area contributed by atoms with Crippen LogP contribution >= 0.6 is 0 Å². The molecule has 0 aliphatic heterocycles. The van der Waals surface area contributed by atoms with E-state index in [0.29, 0.717) is 24.4 Å². The van der Waals surface area contributed by atoms with Gasteiger partial charge in [0.05, 0.1) is 12.2 Å². The van der Waals surface area contributed by atoms with Crippen molar-refractivity contribution in [1.82, 2.24) is 24.6 Å². The highest BCUT2D eigenvalue weighted by molar-refractivity contribution is 5.76. The van der Waals surface area contributed by atoms with Crippen LogP contribution in [0.5, 0.6) is 0 Å². The number of aryl methyl sites for hydroxylation is 1. The molecule has 0 fully saturated rings. The highest BCUT2D eigenvalue weighted by Crippen LogP contribution is 2.18. The summed E-state index contributed by atoms with van der Waals surface area (Å²) in [6.45, 7) is 4.31. The van der Waals surface area contributed by atoms with Gasteiger partial charge >= 0.3 is 0 Å². The topological polar surface area (TPSA) is 77.1 Å². The lowest BCUT2D eigenvalue weighted by Gasteiger charge is -2.20. The Balaban J connectivity index is 1.60. The molecule has 3 heterocycles. The normalized spacial score (nSPS) is 12.1. The number of pyridine rings is 1. The molecule has 0 bridgehead atoms. The molecule has 3 rings (SSSR count). The van der Waals surface area contributed by atoms with Gasteiger partial charge in [-0.3, -0.25) is 9.78 Å². The summed E-state index contributed by atoms with van der Waals surface area (Å²) in [5.41, 5.74) is 1.41. The Labute approximate surface area is 146 Å². The number of hydrogen-bond acceptors (Lipinski definition) is 5. The van der Waals surface area contributed by atoms with E-state index in [1.165, 1.54) is 0 Å². The highest BCUT2D eigenvalue weighted by Gasteiger charge is 2.17. The summed E-state index contributed by atoms with van der Waals surface area (Å²) >= 11 is 0. The number of aromatic nitrogens is 4. The lowest BCUT2D eigenvalue weighted by Crippen LogP contribution is -2.28. The van der Waals surface area contributed by atoms with Gasteiger partial charge in [-0.05, 0) is 26.0 Å². The van der Waals surface area contributed by atoms with Gasteiger partial charge in [0.25, 0.3) is 0 Å². The van der Waals surface area contributed by atoms with Crippen molar-refractivity contribution in [2.45, 2.75) is 32.9 Å². The second-order valence-electron chi connectivity index (χ2n) is 6.08. The summed E-state index contributed by atoms with van der Waals surface area (Å²) < 4.78 is 7.34. The summed E-state index contributed by atoms with van der Waals surface area (Å²) in [7, 11) is 1.76. The number of imidazole rings is 1. The zero-order chi connectivity index (χ0) is 17.8. The number of carbonyl (C=O) groups is 1. The van der Waals surface area contributed by atoms with E-state index in [1.807, 2.05) is 48.9 Å². The van der Waals surface area contributed by atoms with Crippen molar-refractivity contribution in [3.63, 3.8) is 0 Å². The third-order valence-corrected chi connectivity index (χ3v) is 4.11. The van der Waals surface area contributed by atoms with E-state index in [-0.39, 0.29) is 11.9 Å². The molecule has 7 heteroatoms. The number of hydrogen-bond donors (Lipinski definition) is 0. The first-order valence-electron chi connectivity index (χ1n) is 8.15. The van der Waals surface area contributed by atoms with Crippen LogP contribution in [0, 0.1) is 6.92 Å². The molecule has 0 saturated heterocycles. The van der Waals surface area contributed by atoms with Crippen LogP contribution in [0.4, 0.5) is 0 Å². The van der Waals surface area contributed by atoms with E-state index >= 15 is 0 Å². The summed E-state index contributed by atoms with van der Waals surface area (Å²) in [5.74, 6) is 1.57. The van der Waals surface area contributed by atoms with Gasteiger partial charge in [-0.1, -0.05) is 11.2 Å². The van der Waals surface area contributed by atoms with Gasteiger partial charge in [0, 0.05) is 44.2 Å². The third kappa shape index (κ3) is 3.93. The molecule has 3 aromatic heterocycles. The molecule has 0 aliphatic carbocycles. The van der Waals surface area contributed by atoms with Crippen LogP contribution in [0.3, 0.4) is 0 Å². The first-order valence-corrected chi connectivity index (χ1v) is 8.15. The van der Waals surface area contributed by atoms with E-state index in [4.69, 9.17) is 4.52 Å². The summed E-state index contributed by atoms with van der Waals surface area (Å²) in [5, 5.41) is 4.02. The van der Waals surface area contributed by atoms with Gasteiger partial charge in [0.15, 0.2) is 5.76 Å². The van der Waals surface area contributed by atoms with Gasteiger partial charge in [-0.2, -0.15) is 0 Å². The van der Waals surface area contributed by atoms with Crippen molar-refractivity contribution >= 4 is 5.91 Å². The fourth-order valence-corrected chi connectivity index (χ4v) is 2.70. The second kappa shape index (κ2) is 7.29. The molecule has 0 aliphatic rings. The standard InChI is InChI=1S/C18H21N5O2/c1-13(23-9-8-19-14(23)2)10-18(24)22(3)12-15-11-17(21-25-15)16-6-4-5-7-20-16/h4-9,11,13H,10,12H2,1-3H3. The van der Waals surface area contributed by atoms with Crippen LogP contribution in [0.15, 0.2) is 47.4 Å². The SMILES string of the molecule is Cc1nccn1C(C)CC(=O)N(C)Cc1cc(-c2ccccn2)no1. The highest BCUT2D eigenvalue weighted by atomic mass is 16.5. The second-order valence-corrected chi connectivity index (χ2v) is 6.08. The molecule has 0 aromatic carbocycles. The average Bonchev–Trinajstić information content (AvgIpc) is 3.24. The fraction of sp³-hybridized carbons (Fsp3) is 0.333. The molecule has 0 spiro atoms. The molecule has 7 nitrogen and oxygen atoms in total. The van der Waals surface area contributed by atoms with Gasteiger partial charge in [-0.25, -0.2) is 4.98 Å². The van der Waals surface area contributed by atoms with Crippen molar-refractivity contribution in [2.75, 3.05) is 7.05 Å². The van der Waals surface area contributed by atoms with Gasteiger partial charge < -0.3 is 14.0 Å². The Bertz CT molecular complexity index is 840. The van der Waals surface area contributed by atoms with E-state index in [1.54, 1.807) is 24.3 Å². The smallest absolute Gasteiger partial charge is 0.224 e. The summed E-state index contributed by atoms with van der Waals surface area (Å²) in [4.78, 5) is 22.5. The molecular formula is C18H21N5O2. The van der Waals surface area contributed by atoms with Crippen LogP contribution < -0.4 is 0 Å². The number of rotatable bonds is 6. The lowest BCUT2D eigenvalue weighted by atomic mass is 10.2. The van der Waals surface area contributed by atoms with Gasteiger partial charge in [0.2, 0.25) is 5.91 Å². The first kappa shape index (κ1) is 16.9. The van der Waals surface area contributed by atoms with Crippen molar-refractivity contribution in [3.05, 3.63) is 54.4 Å². The molecule has 25 heavy (non-hydrogen) atoms. The van der Waals surface area contributed by atoms with Crippen molar-refractivity contribution in [1.29, 1.82) is 0 Å². The van der Waals surface area contributed by atoms with Crippen LogP contribution in [0.2, 0.25) is 0 Å². The summed E-state index contributed by atoms with van der Waals surface area (Å²) in [6.07, 6.45) is 5.74. The molecule has 1 atom stereocenters. The predicted molar refractivity (Wildman–Crippen MR) is 92.5 cm³/mol. The number of carbonyl (C=O) groups excluding carboxylic acids is 1. The maximum atomic E-state index is 12.5. The van der Waals surface area contributed by atoms with Crippen LogP contribution in [-0.2, 0) is 11.3 Å². The molecule has 0 N–H and O–H groups in total. The number of nitrogens with zero attached hydrogens (tertiary/aromatic N) is 5. The van der Waals surface area contributed by atoms with Gasteiger partial charge in [0.1, 0.15) is 11.5 Å². The predicted octanol–water partition coefficient (Wildman–Crippen LogP) is 2.85. The van der Waals surface area contributed by atoms with Crippen molar-refractivity contribution in [2.24, 2.45) is 0 Å². The number of amides is 1. The molecule has 1 unspecified atom stereocenters. The maximum absolute atomic E-state index is 12.5. The largest absolute Gasteiger partial charge is 0.359 e. The summed E-state index contributed by atoms with van der Waals surface area (Å²) in [6, 6.07) is 7.48. The minimum Gasteiger partial charge on any atom is -0.359 e. The molecule has 3 aromatic rings. The zero-order valence-corrected chi connectivity index (χ0v) is 14.6. The Morgan fingerprint density at radius 1 is 1.28 bits per heavy atom. The Morgan fingerprint density at radius 3 is 2.80 bits per heavy atom. The fourth-order valence-electron chi connectivity index (χ4n) is 2.70. The monoisotopic (exact) mass is 339 g/mol. The Hall–Kier alpha value is -2.96. The van der Waals surface area contributed by atoms with Crippen molar-refractivity contribution in [3.8, 4) is 11.4 Å². The van der Waals surface area contributed by atoms with Crippen LogP contribution in [-0.4, -0.2) is 37.5 Å². The Kier molecular flexibility index (Phi) is 4.92.